The van der Waals surface area contributed by atoms with Crippen molar-refractivity contribution in [2.24, 2.45) is 5.92 Å². The van der Waals surface area contributed by atoms with Crippen LogP contribution in [0.25, 0.3) is 0 Å². The fourth-order valence-electron chi connectivity index (χ4n) is 2.05. The van der Waals surface area contributed by atoms with Crippen molar-refractivity contribution >= 4 is 11.6 Å². The molecule has 0 N–H and O–H groups in total. The standard InChI is InChI=1S/C10H20ClN/c1-3-10-5-4-6-12(10)8-9(2)7-11/h9-10H,3-8H2,1-2H3. The van der Waals surface area contributed by atoms with Crippen molar-refractivity contribution in [3.63, 3.8) is 0 Å². The first kappa shape index (κ1) is 10.3. The lowest BCUT2D eigenvalue weighted by Crippen LogP contribution is -2.33. The molecule has 12 heavy (non-hydrogen) atoms. The maximum Gasteiger partial charge on any atom is 0.0261 e. The highest BCUT2D eigenvalue weighted by atomic mass is 35.5. The smallest absolute Gasteiger partial charge is 0.0261 e. The molecule has 0 aromatic carbocycles. The summed E-state index contributed by atoms with van der Waals surface area (Å²) < 4.78 is 0. The van der Waals surface area contributed by atoms with Gasteiger partial charge in [0.1, 0.15) is 0 Å². The molecule has 1 aliphatic rings. The Kier molecular flexibility index (Phi) is 4.38. The number of hydrogen-bond donors (Lipinski definition) is 0. The quantitative estimate of drug-likeness (QED) is 0.615. The summed E-state index contributed by atoms with van der Waals surface area (Å²) in [4.78, 5) is 2.60. The van der Waals surface area contributed by atoms with Gasteiger partial charge in [-0.2, -0.15) is 0 Å². The second-order valence-electron chi connectivity index (χ2n) is 3.96. The van der Waals surface area contributed by atoms with E-state index in [0.717, 1.165) is 11.9 Å². The summed E-state index contributed by atoms with van der Waals surface area (Å²) in [6.45, 7) is 7.01. The molecule has 2 unspecified atom stereocenters. The number of alkyl halides is 1. The van der Waals surface area contributed by atoms with Crippen molar-refractivity contribution in [1.82, 2.24) is 4.90 Å². The average Bonchev–Trinajstić information content (AvgIpc) is 2.51. The lowest BCUT2D eigenvalue weighted by atomic mass is 10.1. The van der Waals surface area contributed by atoms with Crippen molar-refractivity contribution in [2.45, 2.75) is 39.2 Å². The molecule has 1 heterocycles. The molecule has 1 rings (SSSR count). The highest BCUT2D eigenvalue weighted by Gasteiger charge is 2.23. The normalized spacial score (nSPS) is 27.8. The molecular formula is C10H20ClN. The molecule has 0 aliphatic carbocycles. The lowest BCUT2D eigenvalue weighted by molar-refractivity contribution is 0.223. The first-order chi connectivity index (χ1) is 5.77. The Morgan fingerprint density at radius 3 is 2.92 bits per heavy atom. The monoisotopic (exact) mass is 189 g/mol. The molecule has 1 nitrogen and oxygen atoms in total. The number of likely N-dealkylation sites (tertiary alicyclic amines) is 1. The Balaban J connectivity index is 2.30. The number of nitrogens with zero attached hydrogens (tertiary/aromatic N) is 1. The van der Waals surface area contributed by atoms with Gasteiger partial charge in [0.15, 0.2) is 0 Å². The average molecular weight is 190 g/mol. The van der Waals surface area contributed by atoms with E-state index in [-0.39, 0.29) is 0 Å². The van der Waals surface area contributed by atoms with E-state index in [1.807, 2.05) is 0 Å². The van der Waals surface area contributed by atoms with Gasteiger partial charge < -0.3 is 4.90 Å². The van der Waals surface area contributed by atoms with Crippen LogP contribution in [0.5, 0.6) is 0 Å². The summed E-state index contributed by atoms with van der Waals surface area (Å²) in [5.41, 5.74) is 0. The van der Waals surface area contributed by atoms with Crippen LogP contribution < -0.4 is 0 Å². The van der Waals surface area contributed by atoms with Gasteiger partial charge in [-0.05, 0) is 31.7 Å². The predicted molar refractivity (Wildman–Crippen MR) is 54.8 cm³/mol. The van der Waals surface area contributed by atoms with E-state index in [4.69, 9.17) is 11.6 Å². The maximum absolute atomic E-state index is 5.79. The van der Waals surface area contributed by atoms with Crippen LogP contribution in [-0.4, -0.2) is 29.9 Å². The second-order valence-corrected chi connectivity index (χ2v) is 4.27. The van der Waals surface area contributed by atoms with Crippen LogP contribution in [0.1, 0.15) is 33.1 Å². The zero-order valence-electron chi connectivity index (χ0n) is 8.22. The summed E-state index contributed by atoms with van der Waals surface area (Å²) >= 11 is 5.79. The van der Waals surface area contributed by atoms with E-state index in [2.05, 4.69) is 18.7 Å². The molecule has 0 aromatic heterocycles. The molecule has 1 saturated heterocycles. The lowest BCUT2D eigenvalue weighted by Gasteiger charge is -2.25. The number of halogens is 1. The molecule has 2 heteroatoms. The third-order valence-corrected chi connectivity index (χ3v) is 3.31. The molecule has 0 bridgehead atoms. The van der Waals surface area contributed by atoms with Gasteiger partial charge in [-0.25, -0.2) is 0 Å². The number of rotatable bonds is 4. The van der Waals surface area contributed by atoms with Gasteiger partial charge in [0.25, 0.3) is 0 Å². The van der Waals surface area contributed by atoms with Crippen LogP contribution in [0.15, 0.2) is 0 Å². The molecular weight excluding hydrogens is 170 g/mol. The van der Waals surface area contributed by atoms with Crippen LogP contribution in [0, 0.1) is 5.92 Å². The van der Waals surface area contributed by atoms with E-state index in [1.165, 1.54) is 32.4 Å². The SMILES string of the molecule is CCC1CCCN1CC(C)CCl. The Bertz CT molecular complexity index is 127. The largest absolute Gasteiger partial charge is 0.300 e. The summed E-state index contributed by atoms with van der Waals surface area (Å²) in [6, 6.07) is 0.843. The summed E-state index contributed by atoms with van der Waals surface area (Å²) in [5, 5.41) is 0. The molecule has 0 aromatic rings. The maximum atomic E-state index is 5.79. The Morgan fingerprint density at radius 1 is 1.58 bits per heavy atom. The van der Waals surface area contributed by atoms with Crippen molar-refractivity contribution in [2.75, 3.05) is 19.0 Å². The van der Waals surface area contributed by atoms with Crippen LogP contribution in [0.2, 0.25) is 0 Å². The van der Waals surface area contributed by atoms with E-state index in [9.17, 15) is 0 Å². The molecule has 1 aliphatic heterocycles. The predicted octanol–water partition coefficient (Wildman–Crippen LogP) is 2.74. The molecule has 0 saturated carbocycles. The van der Waals surface area contributed by atoms with Gasteiger partial charge in [0.2, 0.25) is 0 Å². The van der Waals surface area contributed by atoms with E-state index in [0.29, 0.717) is 5.92 Å². The van der Waals surface area contributed by atoms with Gasteiger partial charge in [0, 0.05) is 18.5 Å². The number of hydrogen-bond acceptors (Lipinski definition) is 1. The minimum atomic E-state index is 0.652. The first-order valence-corrected chi connectivity index (χ1v) is 5.61. The fourth-order valence-corrected chi connectivity index (χ4v) is 2.14. The third kappa shape index (κ3) is 2.63. The Morgan fingerprint density at radius 2 is 2.33 bits per heavy atom. The zero-order chi connectivity index (χ0) is 8.97. The summed E-state index contributed by atoms with van der Waals surface area (Å²) in [6.07, 6.45) is 4.08. The first-order valence-electron chi connectivity index (χ1n) is 5.08. The van der Waals surface area contributed by atoms with Crippen LogP contribution >= 0.6 is 11.6 Å². The molecule has 0 radical (unpaired) electrons. The van der Waals surface area contributed by atoms with Crippen molar-refractivity contribution in [3.05, 3.63) is 0 Å². The molecule has 0 amide bonds. The van der Waals surface area contributed by atoms with E-state index in [1.54, 1.807) is 0 Å². The summed E-state index contributed by atoms with van der Waals surface area (Å²) in [7, 11) is 0. The van der Waals surface area contributed by atoms with Gasteiger partial charge in [-0.15, -0.1) is 11.6 Å². The zero-order valence-corrected chi connectivity index (χ0v) is 8.98. The fraction of sp³-hybridized carbons (Fsp3) is 1.00. The molecule has 1 fully saturated rings. The van der Waals surface area contributed by atoms with Gasteiger partial charge >= 0.3 is 0 Å². The van der Waals surface area contributed by atoms with Crippen LogP contribution in [-0.2, 0) is 0 Å². The highest BCUT2D eigenvalue weighted by Crippen LogP contribution is 2.20. The molecule has 0 spiro atoms. The van der Waals surface area contributed by atoms with Crippen molar-refractivity contribution in [3.8, 4) is 0 Å². The van der Waals surface area contributed by atoms with Gasteiger partial charge in [-0.3, -0.25) is 0 Å². The summed E-state index contributed by atoms with van der Waals surface area (Å²) in [5.74, 6) is 1.45. The Hall–Kier alpha value is 0.250. The highest BCUT2D eigenvalue weighted by molar-refractivity contribution is 6.18. The minimum absolute atomic E-state index is 0.652. The van der Waals surface area contributed by atoms with Crippen molar-refractivity contribution in [1.29, 1.82) is 0 Å². The topological polar surface area (TPSA) is 3.24 Å². The third-order valence-electron chi connectivity index (χ3n) is 2.78. The van der Waals surface area contributed by atoms with Gasteiger partial charge in [0.05, 0.1) is 0 Å². The van der Waals surface area contributed by atoms with Gasteiger partial charge in [-0.1, -0.05) is 13.8 Å². The molecule has 2 atom stereocenters. The minimum Gasteiger partial charge on any atom is -0.300 e. The Labute approximate surface area is 81.1 Å². The van der Waals surface area contributed by atoms with Crippen molar-refractivity contribution < 1.29 is 0 Å². The molecule has 72 valence electrons. The second kappa shape index (κ2) is 5.08. The van der Waals surface area contributed by atoms with E-state index >= 15 is 0 Å². The van der Waals surface area contributed by atoms with E-state index < -0.39 is 0 Å². The van der Waals surface area contributed by atoms with Crippen LogP contribution in [0.3, 0.4) is 0 Å². The van der Waals surface area contributed by atoms with Crippen LogP contribution in [0.4, 0.5) is 0 Å².